The summed E-state index contributed by atoms with van der Waals surface area (Å²) in [4.78, 5) is 0. The van der Waals surface area contributed by atoms with E-state index in [4.69, 9.17) is 9.47 Å². The van der Waals surface area contributed by atoms with Crippen molar-refractivity contribution in [2.75, 3.05) is 14.2 Å². The highest BCUT2D eigenvalue weighted by Gasteiger charge is 2.18. The summed E-state index contributed by atoms with van der Waals surface area (Å²) < 4.78 is 11.5. The Labute approximate surface area is 143 Å². The van der Waals surface area contributed by atoms with E-state index in [0.29, 0.717) is 6.42 Å². The van der Waals surface area contributed by atoms with Gasteiger partial charge >= 0.3 is 0 Å². The van der Waals surface area contributed by atoms with Crippen molar-refractivity contribution in [1.82, 2.24) is 0 Å². The predicted molar refractivity (Wildman–Crippen MR) is 103 cm³/mol. The number of ether oxygens (including phenoxy) is 2. The third-order valence-electron chi connectivity index (χ3n) is 4.95. The fourth-order valence-electron chi connectivity index (χ4n) is 3.57. The largest absolute Gasteiger partial charge is 0.496 e. The summed E-state index contributed by atoms with van der Waals surface area (Å²) in [6, 6.07) is 8.79. The first-order chi connectivity index (χ1) is 11.5. The average Bonchev–Trinajstić information content (AvgIpc) is 2.58. The van der Waals surface area contributed by atoms with Crippen molar-refractivity contribution < 1.29 is 9.47 Å². The van der Waals surface area contributed by atoms with Gasteiger partial charge in [0.15, 0.2) is 0 Å². The third kappa shape index (κ3) is 2.34. The quantitative estimate of drug-likeness (QED) is 0.456. The number of benzene rings is 3. The SMILES string of the molecule is C=CCc1c(OC)cc2c(c(C)cc3c(C)c(C)ccc32)c1OC. The van der Waals surface area contributed by atoms with Gasteiger partial charge < -0.3 is 9.47 Å². The van der Waals surface area contributed by atoms with Gasteiger partial charge in [0, 0.05) is 10.9 Å². The van der Waals surface area contributed by atoms with Crippen molar-refractivity contribution in [2.45, 2.75) is 27.2 Å². The van der Waals surface area contributed by atoms with Crippen LogP contribution in [0, 0.1) is 20.8 Å². The van der Waals surface area contributed by atoms with Crippen LogP contribution in [0.15, 0.2) is 36.9 Å². The molecule has 2 nitrogen and oxygen atoms in total. The van der Waals surface area contributed by atoms with Gasteiger partial charge in [0.05, 0.1) is 14.2 Å². The zero-order valence-electron chi connectivity index (χ0n) is 15.1. The lowest BCUT2D eigenvalue weighted by Crippen LogP contribution is -1.99. The Balaban J connectivity index is 2.56. The van der Waals surface area contributed by atoms with Gasteiger partial charge in [-0.15, -0.1) is 6.58 Å². The van der Waals surface area contributed by atoms with Crippen LogP contribution in [0.1, 0.15) is 22.3 Å². The molecule has 0 bridgehead atoms. The van der Waals surface area contributed by atoms with E-state index >= 15 is 0 Å². The molecule has 0 N–H and O–H groups in total. The molecule has 0 heterocycles. The first-order valence-electron chi connectivity index (χ1n) is 8.21. The zero-order valence-corrected chi connectivity index (χ0v) is 15.1. The number of allylic oxidation sites excluding steroid dienone is 1. The molecule has 3 aromatic rings. The van der Waals surface area contributed by atoms with E-state index in [9.17, 15) is 0 Å². The van der Waals surface area contributed by atoms with Crippen LogP contribution in [0.5, 0.6) is 11.5 Å². The van der Waals surface area contributed by atoms with Crippen LogP contribution in [-0.2, 0) is 6.42 Å². The van der Waals surface area contributed by atoms with Crippen LogP contribution < -0.4 is 9.47 Å². The number of rotatable bonds is 4. The minimum atomic E-state index is 0.715. The summed E-state index contributed by atoms with van der Waals surface area (Å²) >= 11 is 0. The molecule has 124 valence electrons. The fourth-order valence-corrected chi connectivity index (χ4v) is 3.57. The number of hydrogen-bond donors (Lipinski definition) is 0. The molecule has 0 aromatic heterocycles. The highest BCUT2D eigenvalue weighted by Crippen LogP contribution is 2.42. The Kier molecular flexibility index (Phi) is 4.23. The second-order valence-corrected chi connectivity index (χ2v) is 6.30. The molecule has 2 heteroatoms. The Bertz CT molecular complexity index is 952. The Morgan fingerprint density at radius 3 is 2.29 bits per heavy atom. The minimum absolute atomic E-state index is 0.715. The summed E-state index contributed by atoms with van der Waals surface area (Å²) in [6.45, 7) is 10.4. The summed E-state index contributed by atoms with van der Waals surface area (Å²) in [5.41, 5.74) is 4.90. The first-order valence-corrected chi connectivity index (χ1v) is 8.21. The van der Waals surface area contributed by atoms with E-state index < -0.39 is 0 Å². The Morgan fingerprint density at radius 1 is 0.917 bits per heavy atom. The van der Waals surface area contributed by atoms with Gasteiger partial charge in [-0.1, -0.05) is 24.3 Å². The summed E-state index contributed by atoms with van der Waals surface area (Å²) in [5, 5.41) is 4.86. The first kappa shape index (κ1) is 16.4. The average molecular weight is 320 g/mol. The van der Waals surface area contributed by atoms with Crippen molar-refractivity contribution in [3.05, 3.63) is 59.2 Å². The van der Waals surface area contributed by atoms with Gasteiger partial charge in [-0.3, -0.25) is 0 Å². The summed E-state index contributed by atoms with van der Waals surface area (Å²) in [7, 11) is 3.44. The lowest BCUT2D eigenvalue weighted by atomic mass is 9.91. The summed E-state index contributed by atoms with van der Waals surface area (Å²) in [5.74, 6) is 1.74. The van der Waals surface area contributed by atoms with Crippen LogP contribution >= 0.6 is 0 Å². The maximum Gasteiger partial charge on any atom is 0.134 e. The van der Waals surface area contributed by atoms with E-state index in [0.717, 1.165) is 22.4 Å². The van der Waals surface area contributed by atoms with Gasteiger partial charge in [-0.05, 0) is 66.1 Å². The van der Waals surface area contributed by atoms with Gasteiger partial charge in [-0.2, -0.15) is 0 Å². The summed E-state index contributed by atoms with van der Waals surface area (Å²) in [6.07, 6.45) is 2.60. The monoisotopic (exact) mass is 320 g/mol. The number of hydrogen-bond acceptors (Lipinski definition) is 2. The molecule has 3 aromatic carbocycles. The topological polar surface area (TPSA) is 18.5 Å². The Hall–Kier alpha value is -2.48. The highest BCUT2D eigenvalue weighted by atomic mass is 16.5. The molecule has 0 saturated carbocycles. The number of aryl methyl sites for hydroxylation is 3. The number of methoxy groups -OCH3 is 2. The molecule has 0 atom stereocenters. The van der Waals surface area contributed by atoms with Crippen molar-refractivity contribution in [3.8, 4) is 11.5 Å². The van der Waals surface area contributed by atoms with Gasteiger partial charge in [0.25, 0.3) is 0 Å². The molecular weight excluding hydrogens is 296 g/mol. The normalized spacial score (nSPS) is 11.0. The predicted octanol–water partition coefficient (Wildman–Crippen LogP) is 5.66. The third-order valence-corrected chi connectivity index (χ3v) is 4.95. The van der Waals surface area contributed by atoms with E-state index in [1.54, 1.807) is 14.2 Å². The molecule has 0 aliphatic rings. The molecule has 0 amide bonds. The van der Waals surface area contributed by atoms with Crippen LogP contribution in [0.25, 0.3) is 21.5 Å². The lowest BCUT2D eigenvalue weighted by molar-refractivity contribution is 0.391. The zero-order chi connectivity index (χ0) is 17.4. The maximum atomic E-state index is 5.81. The lowest BCUT2D eigenvalue weighted by Gasteiger charge is -2.19. The molecule has 0 unspecified atom stereocenters. The molecule has 3 rings (SSSR count). The number of fused-ring (bicyclic) bond motifs is 3. The molecule has 24 heavy (non-hydrogen) atoms. The van der Waals surface area contributed by atoms with Crippen LogP contribution in [0.2, 0.25) is 0 Å². The van der Waals surface area contributed by atoms with Crippen molar-refractivity contribution in [2.24, 2.45) is 0 Å². The molecule has 0 fully saturated rings. The van der Waals surface area contributed by atoms with Crippen LogP contribution in [0.3, 0.4) is 0 Å². The molecular formula is C22H24O2. The minimum Gasteiger partial charge on any atom is -0.496 e. The maximum absolute atomic E-state index is 5.81. The van der Waals surface area contributed by atoms with E-state index in [-0.39, 0.29) is 0 Å². The second-order valence-electron chi connectivity index (χ2n) is 6.30. The molecule has 0 spiro atoms. The van der Waals surface area contributed by atoms with Crippen LogP contribution in [-0.4, -0.2) is 14.2 Å². The highest BCUT2D eigenvalue weighted by molar-refractivity contribution is 6.13. The van der Waals surface area contributed by atoms with E-state index in [2.05, 4.69) is 51.6 Å². The Morgan fingerprint density at radius 2 is 1.67 bits per heavy atom. The molecule has 0 saturated heterocycles. The molecule has 0 aliphatic carbocycles. The van der Waals surface area contributed by atoms with Crippen molar-refractivity contribution >= 4 is 21.5 Å². The molecule has 0 radical (unpaired) electrons. The van der Waals surface area contributed by atoms with Crippen molar-refractivity contribution in [1.29, 1.82) is 0 Å². The second kappa shape index (κ2) is 6.20. The van der Waals surface area contributed by atoms with Gasteiger partial charge in [-0.25, -0.2) is 0 Å². The van der Waals surface area contributed by atoms with Gasteiger partial charge in [0.2, 0.25) is 0 Å². The smallest absolute Gasteiger partial charge is 0.134 e. The van der Waals surface area contributed by atoms with Crippen LogP contribution in [0.4, 0.5) is 0 Å². The standard InChI is InChI=1S/C22H24O2/c1-7-8-17-20(23-5)12-19-16-10-9-13(2)15(4)18(16)11-14(3)21(19)22(17)24-6/h7,9-12H,1,8H2,2-6H3. The van der Waals surface area contributed by atoms with E-state index in [1.165, 1.54) is 32.8 Å². The van der Waals surface area contributed by atoms with Gasteiger partial charge in [0.1, 0.15) is 11.5 Å². The fraction of sp³-hybridized carbons (Fsp3) is 0.273. The van der Waals surface area contributed by atoms with Crippen molar-refractivity contribution in [3.63, 3.8) is 0 Å². The molecule has 0 aliphatic heterocycles. The van der Waals surface area contributed by atoms with E-state index in [1.807, 2.05) is 6.08 Å².